The summed E-state index contributed by atoms with van der Waals surface area (Å²) in [5, 5.41) is 9.21. The van der Waals surface area contributed by atoms with E-state index in [1.54, 1.807) is 0 Å². The molecular weight excluding hydrogens is 564 g/mol. The quantitative estimate of drug-likeness (QED) is 0.369. The van der Waals surface area contributed by atoms with Crippen molar-refractivity contribution in [3.05, 3.63) is 40.8 Å². The first-order valence-electron chi connectivity index (χ1n) is 9.67. The van der Waals surface area contributed by atoms with Gasteiger partial charge in [0.1, 0.15) is 10.7 Å². The van der Waals surface area contributed by atoms with Gasteiger partial charge in [-0.2, -0.15) is 35.6 Å². The lowest BCUT2D eigenvalue weighted by Crippen LogP contribution is -2.58. The predicted molar refractivity (Wildman–Crippen MR) is 114 cm³/mol. The zero-order valence-corrected chi connectivity index (χ0v) is 19.8. The number of fused-ring (bicyclic) bond motifs is 1. The van der Waals surface area contributed by atoms with Crippen molar-refractivity contribution in [2.45, 2.75) is 23.3 Å². The van der Waals surface area contributed by atoms with Gasteiger partial charge < -0.3 is 10.0 Å². The van der Waals surface area contributed by atoms with Crippen LogP contribution in [0, 0.1) is 0 Å². The van der Waals surface area contributed by atoms with Gasteiger partial charge >= 0.3 is 18.3 Å². The first kappa shape index (κ1) is 26.3. The van der Waals surface area contributed by atoms with Gasteiger partial charge in [-0.25, -0.2) is 18.4 Å². The highest BCUT2D eigenvalue weighted by atomic mass is 35.5. The van der Waals surface area contributed by atoms with E-state index in [1.807, 2.05) is 0 Å². The van der Waals surface area contributed by atoms with Crippen LogP contribution in [0.1, 0.15) is 11.4 Å². The number of hydrogen-bond donors (Lipinski definition) is 1. The first-order valence-corrected chi connectivity index (χ1v) is 12.3. The van der Waals surface area contributed by atoms with Crippen molar-refractivity contribution < 1.29 is 44.7 Å². The van der Waals surface area contributed by atoms with E-state index in [1.165, 1.54) is 4.90 Å². The standard InChI is InChI=1S/C18H12ClF6N5O4S2/c19-12-11-13(27-15(26-12)18(23,24)25)28-16(35-11)29-5-6-30(10(7-29)14(31)32)36(33,34)9-3-1-8(2-4-9)17(20,21)22/h1-4,10H,5-7H2,(H,31,32)/t10-/m1/s1. The summed E-state index contributed by atoms with van der Waals surface area (Å²) >= 11 is 6.63. The summed E-state index contributed by atoms with van der Waals surface area (Å²) in [6.07, 6.45) is -9.57. The van der Waals surface area contributed by atoms with Crippen molar-refractivity contribution in [3.8, 4) is 0 Å². The minimum absolute atomic E-state index is 0.0198. The number of aromatic nitrogens is 3. The molecule has 3 aromatic rings. The Morgan fingerprint density at radius 2 is 1.67 bits per heavy atom. The van der Waals surface area contributed by atoms with Crippen molar-refractivity contribution in [3.63, 3.8) is 0 Å². The molecule has 18 heteroatoms. The molecule has 0 amide bonds. The van der Waals surface area contributed by atoms with Crippen LogP contribution in [0.3, 0.4) is 0 Å². The lowest BCUT2D eigenvalue weighted by Gasteiger charge is -2.38. The number of halogens is 7. The van der Waals surface area contributed by atoms with E-state index in [0.717, 1.165) is 23.5 Å². The molecule has 0 spiro atoms. The number of hydrogen-bond acceptors (Lipinski definition) is 8. The molecule has 0 bridgehead atoms. The monoisotopic (exact) mass is 575 g/mol. The van der Waals surface area contributed by atoms with Crippen molar-refractivity contribution in [1.29, 1.82) is 0 Å². The second-order valence-electron chi connectivity index (χ2n) is 7.42. The van der Waals surface area contributed by atoms with E-state index in [9.17, 15) is 44.7 Å². The van der Waals surface area contributed by atoms with Crippen LogP contribution in [0.4, 0.5) is 31.5 Å². The van der Waals surface area contributed by atoms with Gasteiger partial charge in [-0.1, -0.05) is 22.9 Å². The number of rotatable bonds is 4. The molecule has 9 nitrogen and oxygen atoms in total. The van der Waals surface area contributed by atoms with E-state index in [0.29, 0.717) is 16.4 Å². The fourth-order valence-electron chi connectivity index (χ4n) is 3.42. The minimum Gasteiger partial charge on any atom is -0.480 e. The molecule has 0 radical (unpaired) electrons. The Morgan fingerprint density at radius 3 is 2.22 bits per heavy atom. The number of carboxylic acids is 1. The normalized spacial score (nSPS) is 18.1. The van der Waals surface area contributed by atoms with Crippen LogP contribution >= 0.6 is 22.9 Å². The summed E-state index contributed by atoms with van der Waals surface area (Å²) in [6, 6.07) is 0.927. The van der Waals surface area contributed by atoms with Gasteiger partial charge in [0.2, 0.25) is 15.8 Å². The van der Waals surface area contributed by atoms with E-state index in [4.69, 9.17) is 11.6 Å². The topological polar surface area (TPSA) is 117 Å². The second-order valence-corrected chi connectivity index (χ2v) is 10.6. The molecule has 2 aromatic heterocycles. The SMILES string of the molecule is O=C(O)[C@H]1CN(c2nc3nc(C(F)(F)F)nc(Cl)c3s2)CCN1S(=O)(=O)c1ccc(C(F)(F)F)cc1. The Bertz CT molecular complexity index is 1430. The number of anilines is 1. The van der Waals surface area contributed by atoms with Gasteiger partial charge in [-0.15, -0.1) is 0 Å². The first-order chi connectivity index (χ1) is 16.6. The van der Waals surface area contributed by atoms with E-state index >= 15 is 0 Å². The number of piperazine rings is 1. The number of alkyl halides is 6. The van der Waals surface area contributed by atoms with Gasteiger partial charge in [0, 0.05) is 19.6 Å². The van der Waals surface area contributed by atoms with E-state index in [-0.39, 0.29) is 22.0 Å². The molecule has 1 aliphatic rings. The molecule has 0 aliphatic carbocycles. The number of sulfonamides is 1. The molecule has 3 heterocycles. The maximum atomic E-state index is 13.0. The van der Waals surface area contributed by atoms with Crippen LogP contribution < -0.4 is 4.90 Å². The minimum atomic E-state index is -4.88. The van der Waals surface area contributed by atoms with Crippen LogP contribution in [-0.2, 0) is 27.2 Å². The van der Waals surface area contributed by atoms with E-state index < -0.39 is 68.9 Å². The maximum absolute atomic E-state index is 13.0. The van der Waals surface area contributed by atoms with Crippen LogP contribution in [0.5, 0.6) is 0 Å². The molecule has 36 heavy (non-hydrogen) atoms. The fourth-order valence-corrected chi connectivity index (χ4v) is 6.19. The highest BCUT2D eigenvalue weighted by molar-refractivity contribution is 7.89. The molecule has 4 rings (SSSR count). The molecule has 1 aromatic carbocycles. The number of benzene rings is 1. The zero-order chi connectivity index (χ0) is 26.6. The molecule has 194 valence electrons. The van der Waals surface area contributed by atoms with Crippen LogP contribution in [-0.4, -0.2) is 64.4 Å². The molecule has 0 unspecified atom stereocenters. The number of aliphatic carboxylic acids is 1. The average Bonchev–Trinajstić information content (AvgIpc) is 3.22. The number of carboxylic acid groups (broad SMARTS) is 1. The third kappa shape index (κ3) is 4.91. The van der Waals surface area contributed by atoms with Gasteiger partial charge in [0.25, 0.3) is 0 Å². The summed E-state index contributed by atoms with van der Waals surface area (Å²) in [6.45, 7) is -0.976. The van der Waals surface area contributed by atoms with Crippen LogP contribution in [0.15, 0.2) is 29.2 Å². The Kier molecular flexibility index (Phi) is 6.55. The molecule has 0 saturated carbocycles. The highest BCUT2D eigenvalue weighted by Crippen LogP contribution is 2.37. The molecule has 1 fully saturated rings. The Labute approximate surface area is 207 Å². The third-order valence-corrected chi connectivity index (χ3v) is 8.55. The second kappa shape index (κ2) is 8.97. The number of nitrogens with zero attached hydrogens (tertiary/aromatic N) is 5. The van der Waals surface area contributed by atoms with Crippen LogP contribution in [0.25, 0.3) is 10.3 Å². The largest absolute Gasteiger partial charge is 0.480 e. The highest BCUT2D eigenvalue weighted by Gasteiger charge is 2.42. The Hall–Kier alpha value is -2.76. The molecule has 1 N–H and O–H groups in total. The maximum Gasteiger partial charge on any atom is 0.451 e. The zero-order valence-electron chi connectivity index (χ0n) is 17.4. The number of carbonyl (C=O) groups is 1. The third-order valence-electron chi connectivity index (χ3n) is 5.13. The summed E-state index contributed by atoms with van der Waals surface area (Å²) in [5.41, 5.74) is -1.44. The fraction of sp³-hybridized carbons (Fsp3) is 0.333. The van der Waals surface area contributed by atoms with Crippen molar-refractivity contribution in [1.82, 2.24) is 19.3 Å². The average molecular weight is 576 g/mol. The lowest BCUT2D eigenvalue weighted by atomic mass is 10.2. The molecule has 1 aliphatic heterocycles. The number of thiazole rings is 1. The molecular formula is C18H12ClF6N5O4S2. The van der Waals surface area contributed by atoms with Gasteiger partial charge in [0.05, 0.1) is 10.5 Å². The van der Waals surface area contributed by atoms with Crippen molar-refractivity contribution in [2.24, 2.45) is 0 Å². The lowest BCUT2D eigenvalue weighted by molar-refractivity contribution is -0.145. The van der Waals surface area contributed by atoms with Crippen molar-refractivity contribution in [2.75, 3.05) is 24.5 Å². The van der Waals surface area contributed by atoms with Gasteiger partial charge in [-0.3, -0.25) is 4.79 Å². The summed E-state index contributed by atoms with van der Waals surface area (Å²) in [5.74, 6) is -3.05. The summed E-state index contributed by atoms with van der Waals surface area (Å²) < 4.78 is 104. The van der Waals surface area contributed by atoms with E-state index in [2.05, 4.69) is 15.0 Å². The summed E-state index contributed by atoms with van der Waals surface area (Å²) in [4.78, 5) is 23.3. The Balaban J connectivity index is 1.63. The predicted octanol–water partition coefficient (Wildman–Crippen LogP) is 3.74. The van der Waals surface area contributed by atoms with Crippen molar-refractivity contribution >= 4 is 54.4 Å². The summed E-state index contributed by atoms with van der Waals surface area (Å²) in [7, 11) is -4.50. The smallest absolute Gasteiger partial charge is 0.451 e. The molecule has 1 saturated heterocycles. The van der Waals surface area contributed by atoms with Crippen LogP contribution in [0.2, 0.25) is 5.15 Å². The Morgan fingerprint density at radius 1 is 1.03 bits per heavy atom. The van der Waals surface area contributed by atoms with Gasteiger partial charge in [-0.05, 0) is 24.3 Å². The van der Waals surface area contributed by atoms with Gasteiger partial charge in [0.15, 0.2) is 15.9 Å². The molecule has 1 atom stereocenters.